The third-order valence-corrected chi connectivity index (χ3v) is 3.27. The smallest absolute Gasteiger partial charge is 0.241 e. The van der Waals surface area contributed by atoms with Gasteiger partial charge in [0.2, 0.25) is 5.91 Å². The zero-order chi connectivity index (χ0) is 15.9. The van der Waals surface area contributed by atoms with Gasteiger partial charge in [-0.05, 0) is 36.2 Å². The molecule has 0 saturated carbocycles. The van der Waals surface area contributed by atoms with Crippen LogP contribution in [0.4, 0.5) is 14.5 Å². The van der Waals surface area contributed by atoms with Crippen molar-refractivity contribution < 1.29 is 13.6 Å². The van der Waals surface area contributed by atoms with Crippen LogP contribution in [0.2, 0.25) is 0 Å². The fraction of sp³-hybridized carbons (Fsp3) is 0.250. The van der Waals surface area contributed by atoms with E-state index >= 15 is 0 Å². The van der Waals surface area contributed by atoms with Crippen molar-refractivity contribution in [2.24, 2.45) is 0 Å². The van der Waals surface area contributed by atoms with Crippen molar-refractivity contribution in [2.75, 3.05) is 25.5 Å². The summed E-state index contributed by atoms with van der Waals surface area (Å²) >= 11 is 0. The van der Waals surface area contributed by atoms with Crippen LogP contribution in [-0.4, -0.2) is 35.9 Å². The normalized spacial score (nSPS) is 10.3. The summed E-state index contributed by atoms with van der Waals surface area (Å²) in [5, 5.41) is 2.68. The molecule has 0 aliphatic heterocycles. The average molecular weight is 305 g/mol. The Labute approximate surface area is 127 Å². The molecule has 6 heteroatoms. The zero-order valence-electron chi connectivity index (χ0n) is 12.2. The quantitative estimate of drug-likeness (QED) is 0.892. The van der Waals surface area contributed by atoms with E-state index in [2.05, 4.69) is 10.3 Å². The Kier molecular flexibility index (Phi) is 5.41. The molecule has 2 rings (SSSR count). The number of halogens is 2. The van der Waals surface area contributed by atoms with E-state index in [9.17, 15) is 13.6 Å². The first-order chi connectivity index (χ1) is 10.6. The monoisotopic (exact) mass is 305 g/mol. The van der Waals surface area contributed by atoms with Gasteiger partial charge in [0.15, 0.2) is 0 Å². The van der Waals surface area contributed by atoms with Gasteiger partial charge in [-0.15, -0.1) is 0 Å². The van der Waals surface area contributed by atoms with Crippen LogP contribution in [0.25, 0.3) is 0 Å². The molecule has 22 heavy (non-hydrogen) atoms. The van der Waals surface area contributed by atoms with Crippen molar-refractivity contribution in [3.8, 4) is 0 Å². The van der Waals surface area contributed by atoms with Gasteiger partial charge in [-0.3, -0.25) is 9.78 Å². The van der Waals surface area contributed by atoms with Crippen LogP contribution < -0.4 is 5.32 Å². The van der Waals surface area contributed by atoms with Gasteiger partial charge in [0, 0.05) is 32.1 Å². The van der Waals surface area contributed by atoms with Crippen LogP contribution in [0.15, 0.2) is 42.7 Å². The first kappa shape index (κ1) is 15.9. The second kappa shape index (κ2) is 7.49. The lowest BCUT2D eigenvalue weighted by Gasteiger charge is -2.18. The third-order valence-electron chi connectivity index (χ3n) is 3.27. The average Bonchev–Trinajstić information content (AvgIpc) is 2.52. The Morgan fingerprint density at radius 2 is 1.95 bits per heavy atom. The summed E-state index contributed by atoms with van der Waals surface area (Å²) in [7, 11) is 1.69. The number of nitrogens with zero attached hydrogens (tertiary/aromatic N) is 2. The Bertz CT molecular complexity index is 635. The molecule has 1 amide bonds. The number of aromatic nitrogens is 1. The second-order valence-electron chi connectivity index (χ2n) is 4.90. The number of pyridine rings is 1. The number of nitrogens with one attached hydrogen (secondary N) is 1. The number of amides is 1. The topological polar surface area (TPSA) is 45.2 Å². The van der Waals surface area contributed by atoms with Crippen LogP contribution in [-0.2, 0) is 11.2 Å². The molecule has 116 valence electrons. The number of likely N-dealkylation sites (N-methyl/N-ethyl adjacent to an activating group) is 1. The van der Waals surface area contributed by atoms with Crippen molar-refractivity contribution in [3.63, 3.8) is 0 Å². The first-order valence-electron chi connectivity index (χ1n) is 6.88. The van der Waals surface area contributed by atoms with Gasteiger partial charge in [-0.1, -0.05) is 0 Å². The highest BCUT2D eigenvalue weighted by atomic mass is 19.1. The molecule has 0 radical (unpaired) electrons. The minimum atomic E-state index is -0.716. The summed E-state index contributed by atoms with van der Waals surface area (Å²) in [6.45, 7) is 0.506. The maximum absolute atomic E-state index is 13.4. The molecule has 0 fully saturated rings. The summed E-state index contributed by atoms with van der Waals surface area (Å²) in [6, 6.07) is 6.98. The molecule has 0 aliphatic carbocycles. The molecule has 1 aromatic carbocycles. The van der Waals surface area contributed by atoms with Crippen molar-refractivity contribution in [1.82, 2.24) is 9.88 Å². The number of carbonyl (C=O) groups excluding carboxylic acids is 1. The zero-order valence-corrected chi connectivity index (χ0v) is 12.2. The highest BCUT2D eigenvalue weighted by Crippen LogP contribution is 2.14. The summed E-state index contributed by atoms with van der Waals surface area (Å²) in [4.78, 5) is 17.5. The fourth-order valence-corrected chi connectivity index (χ4v) is 1.91. The van der Waals surface area contributed by atoms with Gasteiger partial charge in [-0.25, -0.2) is 8.78 Å². The molecule has 0 aliphatic rings. The summed E-state index contributed by atoms with van der Waals surface area (Å²) in [6.07, 6.45) is 4.13. The van der Waals surface area contributed by atoms with Crippen LogP contribution in [0.5, 0.6) is 0 Å². The predicted molar refractivity (Wildman–Crippen MR) is 80.4 cm³/mol. The minimum Gasteiger partial charge on any atom is -0.374 e. The molecule has 4 nitrogen and oxygen atoms in total. The second-order valence-corrected chi connectivity index (χ2v) is 4.90. The molecular formula is C16H17F2N3O. The van der Waals surface area contributed by atoms with Gasteiger partial charge in [0.05, 0.1) is 12.2 Å². The minimum absolute atomic E-state index is 0.0462. The number of anilines is 1. The lowest BCUT2D eigenvalue weighted by Crippen LogP contribution is -2.33. The van der Waals surface area contributed by atoms with E-state index in [0.29, 0.717) is 6.54 Å². The van der Waals surface area contributed by atoms with Gasteiger partial charge < -0.3 is 10.2 Å². The first-order valence-corrected chi connectivity index (χ1v) is 6.88. The fourth-order valence-electron chi connectivity index (χ4n) is 1.91. The van der Waals surface area contributed by atoms with E-state index < -0.39 is 11.6 Å². The van der Waals surface area contributed by atoms with Gasteiger partial charge in [-0.2, -0.15) is 0 Å². The van der Waals surface area contributed by atoms with E-state index in [-0.39, 0.29) is 18.1 Å². The van der Waals surface area contributed by atoms with Crippen molar-refractivity contribution in [1.29, 1.82) is 0 Å². The van der Waals surface area contributed by atoms with Gasteiger partial charge in [0.1, 0.15) is 11.6 Å². The standard InChI is InChI=1S/C16H17F2N3O/c1-21(9-6-12-4-7-19-8-5-12)16(22)11-20-15-3-2-13(17)10-14(15)18/h2-5,7-8,10,20H,6,9,11H2,1H3. The lowest BCUT2D eigenvalue weighted by molar-refractivity contribution is -0.127. The Balaban J connectivity index is 1.81. The van der Waals surface area contributed by atoms with E-state index in [1.807, 2.05) is 12.1 Å². The van der Waals surface area contributed by atoms with Crippen LogP contribution in [0.1, 0.15) is 5.56 Å². The van der Waals surface area contributed by atoms with Crippen LogP contribution in [0.3, 0.4) is 0 Å². The number of hydrogen-bond donors (Lipinski definition) is 1. The van der Waals surface area contributed by atoms with Gasteiger partial charge in [0.25, 0.3) is 0 Å². The summed E-state index contributed by atoms with van der Waals surface area (Å²) in [5.74, 6) is -1.53. The Morgan fingerprint density at radius 1 is 1.23 bits per heavy atom. The molecule has 1 N–H and O–H groups in total. The molecule has 0 atom stereocenters. The number of rotatable bonds is 6. The van der Waals surface area contributed by atoms with Gasteiger partial charge >= 0.3 is 0 Å². The number of carbonyl (C=O) groups is 1. The van der Waals surface area contributed by atoms with E-state index in [4.69, 9.17) is 0 Å². The number of hydrogen-bond acceptors (Lipinski definition) is 3. The lowest BCUT2D eigenvalue weighted by atomic mass is 10.2. The third kappa shape index (κ3) is 4.51. The van der Waals surface area contributed by atoms with E-state index in [0.717, 1.165) is 24.1 Å². The molecule has 0 spiro atoms. The molecule has 2 aromatic rings. The van der Waals surface area contributed by atoms with Crippen LogP contribution >= 0.6 is 0 Å². The van der Waals surface area contributed by atoms with Crippen molar-refractivity contribution in [3.05, 3.63) is 59.9 Å². The molecular weight excluding hydrogens is 288 g/mol. The Morgan fingerprint density at radius 3 is 2.64 bits per heavy atom. The van der Waals surface area contributed by atoms with Crippen molar-refractivity contribution in [2.45, 2.75) is 6.42 Å². The van der Waals surface area contributed by atoms with Crippen molar-refractivity contribution >= 4 is 11.6 Å². The Hall–Kier alpha value is -2.50. The maximum Gasteiger partial charge on any atom is 0.241 e. The van der Waals surface area contributed by atoms with E-state index in [1.54, 1.807) is 24.3 Å². The highest BCUT2D eigenvalue weighted by Gasteiger charge is 2.10. The molecule has 0 saturated heterocycles. The number of benzene rings is 1. The molecule has 0 unspecified atom stereocenters. The summed E-state index contributed by atoms with van der Waals surface area (Å²) in [5.41, 5.74) is 1.20. The molecule has 0 bridgehead atoms. The van der Waals surface area contributed by atoms with Crippen LogP contribution in [0, 0.1) is 11.6 Å². The predicted octanol–water partition coefficient (Wildman–Crippen LogP) is 2.47. The molecule has 1 aromatic heterocycles. The SMILES string of the molecule is CN(CCc1ccncc1)C(=O)CNc1ccc(F)cc1F. The largest absolute Gasteiger partial charge is 0.374 e. The maximum atomic E-state index is 13.4. The highest BCUT2D eigenvalue weighted by molar-refractivity contribution is 5.80. The summed E-state index contributed by atoms with van der Waals surface area (Å²) < 4.78 is 26.2. The van der Waals surface area contributed by atoms with E-state index in [1.165, 1.54) is 6.07 Å². The molecule has 1 heterocycles.